The van der Waals surface area contributed by atoms with Gasteiger partial charge in [-0.2, -0.15) is 0 Å². The van der Waals surface area contributed by atoms with Gasteiger partial charge in [0.25, 0.3) is 0 Å². The van der Waals surface area contributed by atoms with E-state index in [0.717, 1.165) is 22.5 Å². The lowest BCUT2D eigenvalue weighted by Crippen LogP contribution is -2.42. The molecule has 1 fully saturated rings. The van der Waals surface area contributed by atoms with Crippen LogP contribution in [0.25, 0.3) is 11.2 Å². The molecule has 0 saturated carbocycles. The Morgan fingerprint density at radius 2 is 1.90 bits per heavy atom. The van der Waals surface area contributed by atoms with Gasteiger partial charge in [-0.3, -0.25) is 19.1 Å². The number of aromatic amines is 1. The molecule has 0 aromatic carbocycles. The van der Waals surface area contributed by atoms with Crippen molar-refractivity contribution in [1.82, 2.24) is 34.0 Å². The van der Waals surface area contributed by atoms with E-state index in [1.807, 2.05) is 36.1 Å². The largest absolute Gasteiger partial charge is 0.329 e. The minimum atomic E-state index is -0.150. The summed E-state index contributed by atoms with van der Waals surface area (Å²) in [5.41, 5.74) is 4.15. The topological polar surface area (TPSA) is 102 Å². The molecule has 9 nitrogen and oxygen atoms in total. The minimum absolute atomic E-state index is 0.0430. The zero-order valence-corrected chi connectivity index (χ0v) is 17.2. The van der Waals surface area contributed by atoms with Crippen molar-refractivity contribution in [2.45, 2.75) is 32.2 Å². The molecule has 9 heteroatoms. The molecule has 0 spiro atoms. The van der Waals surface area contributed by atoms with E-state index in [-0.39, 0.29) is 17.8 Å². The van der Waals surface area contributed by atoms with Crippen LogP contribution in [0.4, 0.5) is 4.79 Å². The third kappa shape index (κ3) is 3.63. The van der Waals surface area contributed by atoms with Crippen LogP contribution in [0.3, 0.4) is 0 Å². The smallest absolute Gasteiger partial charge is 0.324 e. The molecule has 1 aliphatic rings. The molecule has 0 atom stereocenters. The number of piperidine rings is 1. The summed E-state index contributed by atoms with van der Waals surface area (Å²) in [6, 6.07) is 7.61. The second kappa shape index (κ2) is 7.82. The van der Waals surface area contributed by atoms with E-state index in [2.05, 4.69) is 19.9 Å². The molecule has 1 saturated heterocycles. The number of aromatic nitrogens is 6. The van der Waals surface area contributed by atoms with E-state index in [1.165, 1.54) is 0 Å². The number of fused-ring (bicyclic) bond motifs is 1. The number of amides is 1. The second-order valence-electron chi connectivity index (χ2n) is 7.87. The van der Waals surface area contributed by atoms with E-state index >= 15 is 0 Å². The summed E-state index contributed by atoms with van der Waals surface area (Å²) >= 11 is 0. The molecule has 31 heavy (non-hydrogen) atoms. The summed E-state index contributed by atoms with van der Waals surface area (Å²) in [5, 5.41) is 0. The van der Waals surface area contributed by atoms with Crippen molar-refractivity contribution in [3.8, 4) is 0 Å². The lowest BCUT2D eigenvalue weighted by atomic mass is 10.0. The molecule has 5 rings (SSSR count). The fourth-order valence-corrected chi connectivity index (χ4v) is 4.26. The van der Waals surface area contributed by atoms with Gasteiger partial charge in [0.1, 0.15) is 6.33 Å². The average Bonchev–Trinajstić information content (AvgIpc) is 3.38. The minimum Gasteiger partial charge on any atom is -0.324 e. The number of imidazole rings is 2. The van der Waals surface area contributed by atoms with E-state index in [9.17, 15) is 9.59 Å². The summed E-state index contributed by atoms with van der Waals surface area (Å²) in [7, 11) is 0. The van der Waals surface area contributed by atoms with Crippen molar-refractivity contribution in [2.24, 2.45) is 0 Å². The molecular weight excluding hydrogens is 394 g/mol. The van der Waals surface area contributed by atoms with Crippen LogP contribution in [0, 0.1) is 6.92 Å². The average molecular weight is 417 g/mol. The summed E-state index contributed by atoms with van der Waals surface area (Å²) in [5.74, 6) is 0. The van der Waals surface area contributed by atoms with Gasteiger partial charge in [-0.05, 0) is 43.5 Å². The molecule has 158 valence electrons. The summed E-state index contributed by atoms with van der Waals surface area (Å²) in [4.78, 5) is 42.9. The summed E-state index contributed by atoms with van der Waals surface area (Å²) < 4.78 is 3.32. The first kappa shape index (κ1) is 19.2. The quantitative estimate of drug-likeness (QED) is 0.552. The Balaban J connectivity index is 1.26. The lowest BCUT2D eigenvalue weighted by Gasteiger charge is -2.32. The molecule has 1 aliphatic heterocycles. The molecule has 0 bridgehead atoms. The fraction of sp³-hybridized carbons (Fsp3) is 0.318. The van der Waals surface area contributed by atoms with Gasteiger partial charge < -0.3 is 4.90 Å². The molecule has 0 aliphatic carbocycles. The standard InChI is InChI=1S/C22H23N7O2/c1-15-16(4-2-8-23-15)12-17-13-28(14-25-17)22(31)27-10-6-18(7-11-27)29-19-5-3-9-24-20(19)26-21(29)30/h2-5,8-9,13-14,18H,6-7,10-12H2,1H3,(H,24,26,30). The molecule has 1 N–H and O–H groups in total. The van der Waals surface area contributed by atoms with Crippen molar-refractivity contribution in [3.63, 3.8) is 0 Å². The molecule has 0 unspecified atom stereocenters. The Morgan fingerprint density at radius 3 is 2.71 bits per heavy atom. The Bertz CT molecular complexity index is 1290. The maximum absolute atomic E-state index is 13.0. The zero-order chi connectivity index (χ0) is 21.4. The van der Waals surface area contributed by atoms with Gasteiger partial charge in [0.2, 0.25) is 0 Å². The molecule has 5 heterocycles. The van der Waals surface area contributed by atoms with Crippen LogP contribution in [0.2, 0.25) is 0 Å². The Labute approximate surface area is 178 Å². The number of nitrogens with zero attached hydrogens (tertiary/aromatic N) is 6. The highest BCUT2D eigenvalue weighted by atomic mass is 16.2. The number of nitrogens with one attached hydrogen (secondary N) is 1. The third-order valence-corrected chi connectivity index (χ3v) is 5.94. The van der Waals surface area contributed by atoms with Gasteiger partial charge in [-0.1, -0.05) is 6.07 Å². The highest BCUT2D eigenvalue weighted by Gasteiger charge is 2.27. The van der Waals surface area contributed by atoms with Crippen molar-refractivity contribution < 1.29 is 4.79 Å². The first-order valence-corrected chi connectivity index (χ1v) is 10.4. The maximum Gasteiger partial charge on any atom is 0.329 e. The molecule has 0 radical (unpaired) electrons. The fourth-order valence-electron chi connectivity index (χ4n) is 4.26. The second-order valence-corrected chi connectivity index (χ2v) is 7.87. The van der Waals surface area contributed by atoms with Crippen molar-refractivity contribution in [3.05, 3.63) is 76.6 Å². The summed E-state index contributed by atoms with van der Waals surface area (Å²) in [6.45, 7) is 3.13. The van der Waals surface area contributed by atoms with E-state index in [0.29, 0.717) is 38.0 Å². The van der Waals surface area contributed by atoms with Crippen molar-refractivity contribution in [1.29, 1.82) is 0 Å². The third-order valence-electron chi connectivity index (χ3n) is 5.94. The highest BCUT2D eigenvalue weighted by molar-refractivity contribution is 5.77. The number of aryl methyl sites for hydroxylation is 1. The number of H-pyrrole nitrogens is 1. The van der Waals surface area contributed by atoms with Crippen molar-refractivity contribution in [2.75, 3.05) is 13.1 Å². The van der Waals surface area contributed by atoms with E-state index in [4.69, 9.17) is 0 Å². The van der Waals surface area contributed by atoms with Gasteiger partial charge in [0.05, 0.1) is 11.2 Å². The Kier molecular flexibility index (Phi) is 4.85. The normalized spacial score (nSPS) is 14.9. The van der Waals surface area contributed by atoms with E-state index in [1.54, 1.807) is 34.1 Å². The van der Waals surface area contributed by atoms with Gasteiger partial charge in [-0.25, -0.2) is 19.6 Å². The van der Waals surface area contributed by atoms with Crippen LogP contribution in [0.1, 0.15) is 35.8 Å². The van der Waals surface area contributed by atoms with Gasteiger partial charge in [-0.15, -0.1) is 0 Å². The molecular formula is C22H23N7O2. The molecule has 4 aromatic heterocycles. The van der Waals surface area contributed by atoms with Crippen LogP contribution < -0.4 is 5.69 Å². The van der Waals surface area contributed by atoms with Crippen LogP contribution in [0.15, 0.2) is 54.0 Å². The highest BCUT2D eigenvalue weighted by Crippen LogP contribution is 2.24. The lowest BCUT2D eigenvalue weighted by molar-refractivity contribution is 0.173. The molecule has 4 aromatic rings. The van der Waals surface area contributed by atoms with E-state index < -0.39 is 0 Å². The number of pyridine rings is 2. The van der Waals surface area contributed by atoms with Crippen LogP contribution in [-0.4, -0.2) is 53.1 Å². The monoisotopic (exact) mass is 417 g/mol. The van der Waals surface area contributed by atoms with Crippen LogP contribution in [0.5, 0.6) is 0 Å². The number of likely N-dealkylation sites (tertiary alicyclic amines) is 1. The van der Waals surface area contributed by atoms with Crippen LogP contribution >= 0.6 is 0 Å². The zero-order valence-electron chi connectivity index (χ0n) is 17.2. The van der Waals surface area contributed by atoms with Crippen molar-refractivity contribution >= 4 is 17.2 Å². The Morgan fingerprint density at radius 1 is 1.13 bits per heavy atom. The predicted molar refractivity (Wildman–Crippen MR) is 115 cm³/mol. The van der Waals surface area contributed by atoms with Gasteiger partial charge >= 0.3 is 11.7 Å². The Hall–Kier alpha value is -3.75. The first-order chi connectivity index (χ1) is 15.1. The maximum atomic E-state index is 13.0. The predicted octanol–water partition coefficient (Wildman–Crippen LogP) is 2.52. The summed E-state index contributed by atoms with van der Waals surface area (Å²) in [6.07, 6.45) is 8.86. The van der Waals surface area contributed by atoms with Gasteiger partial charge in [0, 0.05) is 49.8 Å². The molecule has 1 amide bonds. The SMILES string of the molecule is Cc1ncccc1Cc1cn(C(=O)N2CCC(n3c(=O)[nH]c4ncccc43)CC2)cn1. The van der Waals surface area contributed by atoms with Crippen LogP contribution in [-0.2, 0) is 6.42 Å². The number of carbonyl (C=O) groups excluding carboxylic acids is 1. The first-order valence-electron chi connectivity index (χ1n) is 10.4. The number of rotatable bonds is 3. The number of hydrogen-bond donors (Lipinski definition) is 1. The number of hydrogen-bond acceptors (Lipinski definition) is 5. The van der Waals surface area contributed by atoms with Gasteiger partial charge in [0.15, 0.2) is 5.65 Å². The number of carbonyl (C=O) groups is 1.